The second-order valence-electron chi connectivity index (χ2n) is 3.86. The Balaban J connectivity index is 2.67. The number of benzene rings is 2. The third kappa shape index (κ3) is 2.36. The average molecular weight is 278 g/mol. The van der Waals surface area contributed by atoms with E-state index in [4.69, 9.17) is 9.47 Å². The maximum absolute atomic E-state index is 5.45. The highest BCUT2D eigenvalue weighted by Crippen LogP contribution is 2.31. The van der Waals surface area contributed by atoms with Crippen molar-refractivity contribution in [1.29, 1.82) is 0 Å². The van der Waals surface area contributed by atoms with Gasteiger partial charge < -0.3 is 9.47 Å². The molecule has 0 aliphatic carbocycles. The van der Waals surface area contributed by atoms with Crippen molar-refractivity contribution in [2.24, 2.45) is 0 Å². The Morgan fingerprint density at radius 2 is 1.50 bits per heavy atom. The Labute approximate surface area is 112 Å². The van der Waals surface area contributed by atoms with E-state index in [-0.39, 0.29) is 0 Å². The summed E-state index contributed by atoms with van der Waals surface area (Å²) in [5, 5.41) is 1.99. The van der Waals surface area contributed by atoms with E-state index < -0.39 is 0 Å². The minimum absolute atomic E-state index is 0.757. The fraction of sp³-hybridized carbons (Fsp3) is 0.143. The highest BCUT2D eigenvalue weighted by atomic mass is 31.0. The minimum atomic E-state index is 0.757. The summed E-state index contributed by atoms with van der Waals surface area (Å²) in [5.74, 6) is 1.51. The van der Waals surface area contributed by atoms with Crippen molar-refractivity contribution in [2.45, 2.75) is 0 Å². The molecule has 0 saturated carbocycles. The summed E-state index contributed by atoms with van der Waals surface area (Å²) in [4.78, 5) is 0. The van der Waals surface area contributed by atoms with E-state index >= 15 is 0 Å². The van der Waals surface area contributed by atoms with Crippen molar-refractivity contribution in [1.82, 2.24) is 0 Å². The molecule has 0 N–H and O–H groups in total. The molecule has 2 aromatic carbocycles. The fourth-order valence-corrected chi connectivity index (χ4v) is 2.86. The second-order valence-corrected chi connectivity index (χ2v) is 5.06. The molecule has 0 aromatic heterocycles. The van der Waals surface area contributed by atoms with Crippen LogP contribution in [0.4, 0.5) is 0 Å². The topological polar surface area (TPSA) is 18.5 Å². The summed E-state index contributed by atoms with van der Waals surface area (Å²) in [6, 6.07) is 12.3. The van der Waals surface area contributed by atoms with Gasteiger partial charge in [0.25, 0.3) is 0 Å². The van der Waals surface area contributed by atoms with Crippen LogP contribution in [0.1, 0.15) is 0 Å². The summed E-state index contributed by atoms with van der Waals surface area (Å²) >= 11 is 0. The van der Waals surface area contributed by atoms with Crippen molar-refractivity contribution in [3.63, 3.8) is 0 Å². The smallest absolute Gasteiger partial charge is 0.169 e. The molecule has 2 aromatic rings. The predicted octanol–water partition coefficient (Wildman–Crippen LogP) is 2.37. The van der Waals surface area contributed by atoms with E-state index in [0.29, 0.717) is 0 Å². The van der Waals surface area contributed by atoms with Crippen molar-refractivity contribution in [2.75, 3.05) is 14.2 Å². The SMILES string of the molecule is COc1c(P)cc(-c2ccccc2)c(P)c1OC. The van der Waals surface area contributed by atoms with Gasteiger partial charge in [0.1, 0.15) is 0 Å². The quantitative estimate of drug-likeness (QED) is 0.803. The van der Waals surface area contributed by atoms with E-state index in [1.165, 1.54) is 0 Å². The zero-order valence-electron chi connectivity index (χ0n) is 10.4. The van der Waals surface area contributed by atoms with Crippen LogP contribution in [-0.4, -0.2) is 14.2 Å². The molecule has 0 amide bonds. The molecule has 2 atom stereocenters. The molecule has 0 spiro atoms. The lowest BCUT2D eigenvalue weighted by molar-refractivity contribution is 0.360. The standard InChI is InChI=1S/C14H16O2P2/c1-15-12-11(17)8-10(14(18)13(12)16-2)9-6-4-3-5-7-9/h3-8H,17-18H2,1-2H3. The van der Waals surface area contributed by atoms with Crippen LogP contribution in [0.25, 0.3) is 11.1 Å². The highest BCUT2D eigenvalue weighted by molar-refractivity contribution is 7.29. The molecule has 0 saturated heterocycles. The Kier molecular flexibility index (Phi) is 4.22. The van der Waals surface area contributed by atoms with Crippen LogP contribution < -0.4 is 20.1 Å². The van der Waals surface area contributed by atoms with Crippen LogP contribution >= 0.6 is 18.5 Å². The molecule has 18 heavy (non-hydrogen) atoms. The average Bonchev–Trinajstić information content (AvgIpc) is 2.41. The van der Waals surface area contributed by atoms with Crippen LogP contribution in [0.15, 0.2) is 36.4 Å². The number of methoxy groups -OCH3 is 2. The van der Waals surface area contributed by atoms with Crippen LogP contribution in [0.5, 0.6) is 11.5 Å². The first-order chi connectivity index (χ1) is 8.69. The first-order valence-corrected chi connectivity index (χ1v) is 6.69. The second kappa shape index (κ2) is 5.69. The Hall–Kier alpha value is -1.10. The van der Waals surface area contributed by atoms with Gasteiger partial charge in [0, 0.05) is 10.6 Å². The van der Waals surface area contributed by atoms with Gasteiger partial charge in [0.2, 0.25) is 0 Å². The van der Waals surface area contributed by atoms with Gasteiger partial charge in [-0.1, -0.05) is 30.3 Å². The van der Waals surface area contributed by atoms with E-state index in [0.717, 1.165) is 33.2 Å². The van der Waals surface area contributed by atoms with E-state index in [1.807, 2.05) is 18.2 Å². The third-order valence-corrected chi connectivity index (χ3v) is 3.80. The van der Waals surface area contributed by atoms with Crippen molar-refractivity contribution < 1.29 is 9.47 Å². The van der Waals surface area contributed by atoms with Crippen molar-refractivity contribution >= 4 is 29.1 Å². The molecule has 2 unspecified atom stereocenters. The molecule has 2 nitrogen and oxygen atoms in total. The highest BCUT2D eigenvalue weighted by Gasteiger charge is 2.15. The summed E-state index contributed by atoms with van der Waals surface area (Å²) in [5.41, 5.74) is 2.29. The van der Waals surface area contributed by atoms with Gasteiger partial charge >= 0.3 is 0 Å². The third-order valence-electron chi connectivity index (χ3n) is 2.80. The fourth-order valence-electron chi connectivity index (χ4n) is 1.94. The van der Waals surface area contributed by atoms with Gasteiger partial charge in [-0.2, -0.15) is 0 Å². The van der Waals surface area contributed by atoms with Gasteiger partial charge in [0.05, 0.1) is 14.2 Å². The maximum atomic E-state index is 5.45. The summed E-state index contributed by atoms with van der Waals surface area (Å²) < 4.78 is 10.8. The van der Waals surface area contributed by atoms with Crippen LogP contribution in [0, 0.1) is 0 Å². The number of hydrogen-bond donors (Lipinski definition) is 0. The zero-order chi connectivity index (χ0) is 13.1. The molecular weight excluding hydrogens is 262 g/mol. The zero-order valence-corrected chi connectivity index (χ0v) is 12.7. The molecule has 0 aliphatic heterocycles. The van der Waals surface area contributed by atoms with Crippen molar-refractivity contribution in [3.8, 4) is 22.6 Å². The summed E-state index contributed by atoms with van der Waals surface area (Å²) in [6.07, 6.45) is 0. The molecular formula is C14H16O2P2. The Morgan fingerprint density at radius 1 is 0.889 bits per heavy atom. The van der Waals surface area contributed by atoms with Crippen LogP contribution in [0.2, 0.25) is 0 Å². The Bertz CT molecular complexity index is 553. The first kappa shape index (κ1) is 13.3. The largest absolute Gasteiger partial charge is 0.492 e. The Morgan fingerprint density at radius 3 is 2.06 bits per heavy atom. The lowest BCUT2D eigenvalue weighted by atomic mass is 10.0. The molecule has 0 fully saturated rings. The lowest BCUT2D eigenvalue weighted by Crippen LogP contribution is -2.11. The number of ether oxygens (including phenoxy) is 2. The molecule has 0 bridgehead atoms. The molecule has 0 radical (unpaired) electrons. The normalized spacial score (nSPS) is 10.2. The predicted molar refractivity (Wildman–Crippen MR) is 83.7 cm³/mol. The number of rotatable bonds is 3. The molecule has 4 heteroatoms. The monoisotopic (exact) mass is 278 g/mol. The van der Waals surface area contributed by atoms with Gasteiger partial charge in [0.15, 0.2) is 11.5 Å². The van der Waals surface area contributed by atoms with Crippen molar-refractivity contribution in [3.05, 3.63) is 36.4 Å². The van der Waals surface area contributed by atoms with Crippen LogP contribution in [-0.2, 0) is 0 Å². The van der Waals surface area contributed by atoms with E-state index in [9.17, 15) is 0 Å². The summed E-state index contributed by atoms with van der Waals surface area (Å²) in [6.45, 7) is 0. The van der Waals surface area contributed by atoms with Gasteiger partial charge in [-0.25, -0.2) is 0 Å². The van der Waals surface area contributed by atoms with E-state index in [2.05, 4.69) is 36.7 Å². The molecule has 0 heterocycles. The van der Waals surface area contributed by atoms with Gasteiger partial charge in [-0.05, 0) is 17.2 Å². The maximum Gasteiger partial charge on any atom is 0.169 e. The molecule has 94 valence electrons. The van der Waals surface area contributed by atoms with Crippen LogP contribution in [0.3, 0.4) is 0 Å². The van der Waals surface area contributed by atoms with Gasteiger partial charge in [-0.15, -0.1) is 18.5 Å². The first-order valence-electron chi connectivity index (χ1n) is 5.54. The minimum Gasteiger partial charge on any atom is -0.492 e. The lowest BCUT2D eigenvalue weighted by Gasteiger charge is -2.16. The molecule has 2 rings (SSSR count). The number of hydrogen-bond acceptors (Lipinski definition) is 2. The van der Waals surface area contributed by atoms with E-state index in [1.54, 1.807) is 14.2 Å². The summed E-state index contributed by atoms with van der Waals surface area (Å²) in [7, 11) is 8.73. The molecule has 0 aliphatic rings. The van der Waals surface area contributed by atoms with Gasteiger partial charge in [-0.3, -0.25) is 0 Å².